The van der Waals surface area contributed by atoms with Crippen LogP contribution in [0, 0.1) is 0 Å². The molecule has 0 spiro atoms. The Balaban J connectivity index is 1.38. The molecule has 0 saturated carbocycles. The van der Waals surface area contributed by atoms with E-state index in [4.69, 9.17) is 4.74 Å². The first-order chi connectivity index (χ1) is 13.3. The zero-order valence-corrected chi connectivity index (χ0v) is 15.7. The van der Waals surface area contributed by atoms with E-state index in [0.29, 0.717) is 32.7 Å². The summed E-state index contributed by atoms with van der Waals surface area (Å²) in [6.45, 7) is 2.46. The second kappa shape index (κ2) is 8.53. The summed E-state index contributed by atoms with van der Waals surface area (Å²) in [5.41, 5.74) is 3.42. The Morgan fingerprint density at radius 1 is 1.22 bits per heavy atom. The monoisotopic (exact) mass is 365 g/mol. The smallest absolute Gasteiger partial charge is 0.227 e. The van der Waals surface area contributed by atoms with Crippen LogP contribution in [0.3, 0.4) is 0 Å². The van der Waals surface area contributed by atoms with Gasteiger partial charge >= 0.3 is 0 Å². The van der Waals surface area contributed by atoms with Gasteiger partial charge in [0.1, 0.15) is 0 Å². The molecule has 4 rings (SSSR count). The largest absolute Gasteiger partial charge is 0.373 e. The number of ether oxygens (including phenoxy) is 1. The third-order valence-corrected chi connectivity index (χ3v) is 5.45. The molecule has 0 aromatic carbocycles. The van der Waals surface area contributed by atoms with Crippen LogP contribution in [0.15, 0.2) is 54.4 Å². The summed E-state index contributed by atoms with van der Waals surface area (Å²) in [4.78, 5) is 19.2. The molecule has 1 amide bonds. The van der Waals surface area contributed by atoms with Gasteiger partial charge in [0.2, 0.25) is 5.91 Å². The fraction of sp³-hybridized carbons (Fsp3) is 0.455. The lowest BCUT2D eigenvalue weighted by Crippen LogP contribution is -2.42. The van der Waals surface area contributed by atoms with Crippen molar-refractivity contribution in [2.24, 2.45) is 0 Å². The second-order valence-corrected chi connectivity index (χ2v) is 7.46. The van der Waals surface area contributed by atoms with Crippen molar-refractivity contribution in [2.75, 3.05) is 13.2 Å². The third kappa shape index (κ3) is 4.48. The molecule has 3 heterocycles. The molecule has 0 N–H and O–H groups in total. The van der Waals surface area contributed by atoms with Gasteiger partial charge < -0.3 is 14.2 Å². The van der Waals surface area contributed by atoms with Gasteiger partial charge in [-0.1, -0.05) is 17.7 Å². The Hall–Kier alpha value is -2.40. The van der Waals surface area contributed by atoms with E-state index in [2.05, 4.69) is 34.0 Å². The summed E-state index contributed by atoms with van der Waals surface area (Å²) >= 11 is 0. The fourth-order valence-electron chi connectivity index (χ4n) is 4.00. The first kappa shape index (κ1) is 18.0. The van der Waals surface area contributed by atoms with Crippen LogP contribution in [0.2, 0.25) is 0 Å². The van der Waals surface area contributed by atoms with Crippen LogP contribution < -0.4 is 0 Å². The standard InChI is InChI=1S/C22H27N3O2/c26-22(13-18-7-2-1-3-8-18)24-14-20-10-6-12-25(20)21(15-24)17-27-16-19-9-4-5-11-23-19/h4-7,9-12,21H,1-3,8,13-17H2/t21-/m0/s1. The molecule has 5 nitrogen and oxygen atoms in total. The lowest BCUT2D eigenvalue weighted by atomic mass is 9.96. The second-order valence-electron chi connectivity index (χ2n) is 7.46. The maximum absolute atomic E-state index is 12.9. The Bertz CT molecular complexity index is 797. The van der Waals surface area contributed by atoms with Gasteiger partial charge in [0, 0.05) is 31.1 Å². The average molecular weight is 365 g/mol. The van der Waals surface area contributed by atoms with Crippen LogP contribution in [0.25, 0.3) is 0 Å². The highest BCUT2D eigenvalue weighted by atomic mass is 16.5. The van der Waals surface area contributed by atoms with E-state index in [1.807, 2.05) is 23.1 Å². The van der Waals surface area contributed by atoms with Gasteiger partial charge in [0.25, 0.3) is 0 Å². The molecule has 2 aliphatic rings. The number of carbonyl (C=O) groups excluding carboxylic acids is 1. The number of allylic oxidation sites excluding steroid dienone is 1. The van der Waals surface area contributed by atoms with Crippen LogP contribution in [0.4, 0.5) is 0 Å². The highest BCUT2D eigenvalue weighted by molar-refractivity contribution is 5.79. The first-order valence-corrected chi connectivity index (χ1v) is 9.88. The van der Waals surface area contributed by atoms with Crippen molar-refractivity contribution in [2.45, 2.75) is 51.3 Å². The summed E-state index contributed by atoms with van der Waals surface area (Å²) in [6.07, 6.45) is 11.4. The number of fused-ring (bicyclic) bond motifs is 1. The summed E-state index contributed by atoms with van der Waals surface area (Å²) in [6, 6.07) is 10.1. The summed E-state index contributed by atoms with van der Waals surface area (Å²) < 4.78 is 8.18. The van der Waals surface area contributed by atoms with Crippen molar-refractivity contribution < 1.29 is 9.53 Å². The molecule has 2 aromatic rings. The number of carbonyl (C=O) groups is 1. The van der Waals surface area contributed by atoms with Gasteiger partial charge in [-0.3, -0.25) is 9.78 Å². The molecule has 0 radical (unpaired) electrons. The highest BCUT2D eigenvalue weighted by Gasteiger charge is 2.28. The van der Waals surface area contributed by atoms with Gasteiger partial charge in [0.15, 0.2) is 0 Å². The zero-order valence-electron chi connectivity index (χ0n) is 15.7. The molecule has 0 bridgehead atoms. The molecular formula is C22H27N3O2. The van der Waals surface area contributed by atoms with Crippen LogP contribution in [-0.2, 0) is 22.7 Å². The maximum Gasteiger partial charge on any atom is 0.227 e. The maximum atomic E-state index is 12.9. The van der Waals surface area contributed by atoms with Gasteiger partial charge in [0.05, 0.1) is 31.5 Å². The minimum atomic E-state index is 0.150. The lowest BCUT2D eigenvalue weighted by molar-refractivity contribution is -0.133. The van der Waals surface area contributed by atoms with Gasteiger partial charge in [-0.05, 0) is 49.9 Å². The SMILES string of the molecule is O=C(CC1=CCCCC1)N1Cc2cccn2[C@H](COCc2ccccn2)C1. The molecule has 1 aliphatic carbocycles. The minimum Gasteiger partial charge on any atom is -0.373 e. The van der Waals surface area contributed by atoms with E-state index < -0.39 is 0 Å². The van der Waals surface area contributed by atoms with Gasteiger partial charge in [-0.15, -0.1) is 0 Å². The Morgan fingerprint density at radius 3 is 3.00 bits per heavy atom. The highest BCUT2D eigenvalue weighted by Crippen LogP contribution is 2.26. The predicted octanol–water partition coefficient (Wildman–Crippen LogP) is 3.87. The third-order valence-electron chi connectivity index (χ3n) is 5.45. The van der Waals surface area contributed by atoms with Crippen LogP contribution >= 0.6 is 0 Å². The molecular weight excluding hydrogens is 338 g/mol. The van der Waals surface area contributed by atoms with E-state index in [9.17, 15) is 4.79 Å². The van der Waals surface area contributed by atoms with Crippen molar-refractivity contribution in [3.05, 3.63) is 65.8 Å². The Morgan fingerprint density at radius 2 is 2.19 bits per heavy atom. The van der Waals surface area contributed by atoms with Gasteiger partial charge in [-0.2, -0.15) is 0 Å². The molecule has 0 saturated heterocycles. The molecule has 1 atom stereocenters. The predicted molar refractivity (Wildman–Crippen MR) is 104 cm³/mol. The minimum absolute atomic E-state index is 0.150. The molecule has 1 aliphatic heterocycles. The topological polar surface area (TPSA) is 47.4 Å². The Kier molecular flexibility index (Phi) is 5.68. The number of nitrogens with zero attached hydrogens (tertiary/aromatic N) is 3. The normalized spacial score (nSPS) is 19.5. The van der Waals surface area contributed by atoms with Gasteiger partial charge in [-0.25, -0.2) is 0 Å². The number of hydrogen-bond donors (Lipinski definition) is 0. The molecule has 0 unspecified atom stereocenters. The van der Waals surface area contributed by atoms with Crippen molar-refractivity contribution >= 4 is 5.91 Å². The number of rotatable bonds is 6. The molecule has 0 fully saturated rings. The number of hydrogen-bond acceptors (Lipinski definition) is 3. The average Bonchev–Trinajstić information content (AvgIpc) is 3.18. The summed E-state index contributed by atoms with van der Waals surface area (Å²) in [5, 5.41) is 0. The van der Waals surface area contributed by atoms with E-state index >= 15 is 0 Å². The number of aromatic nitrogens is 2. The van der Waals surface area contributed by atoms with Crippen molar-refractivity contribution in [1.29, 1.82) is 0 Å². The fourth-order valence-corrected chi connectivity index (χ4v) is 4.00. The van der Waals surface area contributed by atoms with Crippen molar-refractivity contribution in [1.82, 2.24) is 14.5 Å². The number of pyridine rings is 1. The molecule has 142 valence electrons. The molecule has 2 aromatic heterocycles. The number of amides is 1. The van der Waals surface area contributed by atoms with Crippen LogP contribution in [0.5, 0.6) is 0 Å². The van der Waals surface area contributed by atoms with Crippen molar-refractivity contribution in [3.8, 4) is 0 Å². The quantitative estimate of drug-likeness (QED) is 0.730. The molecule has 27 heavy (non-hydrogen) atoms. The van der Waals surface area contributed by atoms with Crippen molar-refractivity contribution in [3.63, 3.8) is 0 Å². The lowest BCUT2D eigenvalue weighted by Gasteiger charge is -2.35. The van der Waals surface area contributed by atoms with E-state index in [1.165, 1.54) is 24.1 Å². The summed E-state index contributed by atoms with van der Waals surface area (Å²) in [5.74, 6) is 0.241. The Labute approximate surface area is 160 Å². The molecule has 5 heteroatoms. The first-order valence-electron chi connectivity index (χ1n) is 9.88. The van der Waals surface area contributed by atoms with Crippen LogP contribution in [-0.4, -0.2) is 33.5 Å². The zero-order chi connectivity index (χ0) is 18.5. The van der Waals surface area contributed by atoms with E-state index in [1.54, 1.807) is 6.20 Å². The summed E-state index contributed by atoms with van der Waals surface area (Å²) in [7, 11) is 0. The van der Waals surface area contributed by atoms with Crippen LogP contribution in [0.1, 0.15) is 49.5 Å². The van der Waals surface area contributed by atoms with E-state index in [-0.39, 0.29) is 11.9 Å². The van der Waals surface area contributed by atoms with E-state index in [0.717, 1.165) is 18.5 Å².